The van der Waals surface area contributed by atoms with Crippen molar-refractivity contribution in [3.05, 3.63) is 33.8 Å². The molecule has 1 amide bonds. The number of hydrogen-bond acceptors (Lipinski definition) is 6. The highest BCUT2D eigenvalue weighted by atomic mass is 32.1. The van der Waals surface area contributed by atoms with E-state index >= 15 is 0 Å². The standard InChI is InChI=1S/C14H17N7OS/c1-8-20-21-7-9(17-14(21)23-8)2-5-16-13(22)12-10-3-4-15-6-11(10)18-19-12/h7,15H,2-6H2,1H3,(H,16,22)(H,18,19). The first-order valence-electron chi connectivity index (χ1n) is 7.57. The Balaban J connectivity index is 1.37. The smallest absolute Gasteiger partial charge is 0.272 e. The fourth-order valence-electron chi connectivity index (χ4n) is 2.78. The average Bonchev–Trinajstić information content (AvgIpc) is 3.19. The number of carbonyl (C=O) groups is 1. The molecule has 4 rings (SSSR count). The van der Waals surface area contributed by atoms with E-state index in [0.29, 0.717) is 18.7 Å². The van der Waals surface area contributed by atoms with Gasteiger partial charge in [-0.25, -0.2) is 9.50 Å². The van der Waals surface area contributed by atoms with E-state index in [1.54, 1.807) is 15.9 Å². The van der Waals surface area contributed by atoms with Gasteiger partial charge in [-0.1, -0.05) is 11.3 Å². The third kappa shape index (κ3) is 2.73. The van der Waals surface area contributed by atoms with Crippen molar-refractivity contribution in [1.82, 2.24) is 35.4 Å². The zero-order valence-corrected chi connectivity index (χ0v) is 13.5. The molecule has 0 saturated heterocycles. The molecular weight excluding hydrogens is 314 g/mol. The molecular formula is C14H17N7OS. The van der Waals surface area contributed by atoms with Crippen molar-refractivity contribution in [3.63, 3.8) is 0 Å². The zero-order valence-electron chi connectivity index (χ0n) is 12.7. The quantitative estimate of drug-likeness (QED) is 0.644. The third-order valence-corrected chi connectivity index (χ3v) is 4.72. The lowest BCUT2D eigenvalue weighted by molar-refractivity contribution is 0.0948. The summed E-state index contributed by atoms with van der Waals surface area (Å²) in [5, 5.41) is 18.6. The Bertz CT molecular complexity index is 830. The topological polar surface area (TPSA) is 100 Å². The van der Waals surface area contributed by atoms with Gasteiger partial charge in [-0.2, -0.15) is 10.2 Å². The number of nitrogens with one attached hydrogen (secondary N) is 3. The van der Waals surface area contributed by atoms with Gasteiger partial charge in [0.1, 0.15) is 5.01 Å². The maximum absolute atomic E-state index is 12.3. The number of aromatic nitrogens is 5. The molecule has 0 spiro atoms. The Kier molecular flexibility index (Phi) is 3.58. The molecule has 0 radical (unpaired) electrons. The normalized spacial score (nSPS) is 14.1. The first-order chi connectivity index (χ1) is 11.2. The van der Waals surface area contributed by atoms with Gasteiger partial charge in [0.2, 0.25) is 4.96 Å². The molecule has 1 aliphatic rings. The van der Waals surface area contributed by atoms with E-state index in [1.165, 1.54) is 0 Å². The summed E-state index contributed by atoms with van der Waals surface area (Å²) in [6.45, 7) is 4.11. The average molecular weight is 331 g/mol. The van der Waals surface area contributed by atoms with E-state index in [9.17, 15) is 4.79 Å². The molecule has 23 heavy (non-hydrogen) atoms. The molecule has 9 heteroatoms. The zero-order chi connectivity index (χ0) is 15.8. The van der Waals surface area contributed by atoms with Gasteiger partial charge in [-0.05, 0) is 19.9 Å². The lowest BCUT2D eigenvalue weighted by Crippen LogP contribution is -2.29. The van der Waals surface area contributed by atoms with Crippen LogP contribution in [0.4, 0.5) is 0 Å². The highest BCUT2D eigenvalue weighted by Crippen LogP contribution is 2.16. The summed E-state index contributed by atoms with van der Waals surface area (Å²) in [7, 11) is 0. The lowest BCUT2D eigenvalue weighted by Gasteiger charge is -2.12. The molecule has 4 heterocycles. The number of carbonyl (C=O) groups excluding carboxylic acids is 1. The fraction of sp³-hybridized carbons (Fsp3) is 0.429. The van der Waals surface area contributed by atoms with Crippen LogP contribution in [0.2, 0.25) is 0 Å². The van der Waals surface area contributed by atoms with E-state index in [4.69, 9.17) is 0 Å². The van der Waals surface area contributed by atoms with Crippen molar-refractivity contribution in [2.24, 2.45) is 0 Å². The Morgan fingerprint density at radius 1 is 1.52 bits per heavy atom. The molecule has 120 valence electrons. The number of aromatic amines is 1. The first kappa shape index (κ1) is 14.3. The van der Waals surface area contributed by atoms with Gasteiger partial charge in [0, 0.05) is 25.1 Å². The van der Waals surface area contributed by atoms with E-state index in [0.717, 1.165) is 46.4 Å². The maximum Gasteiger partial charge on any atom is 0.272 e. The summed E-state index contributed by atoms with van der Waals surface area (Å²) < 4.78 is 1.79. The Hall–Kier alpha value is -2.26. The molecule has 3 aromatic heterocycles. The van der Waals surface area contributed by atoms with Gasteiger partial charge in [0.25, 0.3) is 5.91 Å². The minimum atomic E-state index is -0.126. The lowest BCUT2D eigenvalue weighted by atomic mass is 10.1. The van der Waals surface area contributed by atoms with Crippen LogP contribution in [0.1, 0.15) is 32.4 Å². The predicted molar refractivity (Wildman–Crippen MR) is 85.6 cm³/mol. The van der Waals surface area contributed by atoms with Crippen molar-refractivity contribution in [1.29, 1.82) is 0 Å². The van der Waals surface area contributed by atoms with Gasteiger partial charge >= 0.3 is 0 Å². The van der Waals surface area contributed by atoms with E-state index in [1.807, 2.05) is 13.1 Å². The van der Waals surface area contributed by atoms with Crippen molar-refractivity contribution in [3.8, 4) is 0 Å². The number of hydrogen-bond donors (Lipinski definition) is 3. The summed E-state index contributed by atoms with van der Waals surface area (Å²) >= 11 is 1.56. The number of aryl methyl sites for hydroxylation is 1. The molecule has 0 aromatic carbocycles. The Morgan fingerprint density at radius 2 is 2.43 bits per heavy atom. The summed E-state index contributed by atoms with van der Waals surface area (Å²) in [5.74, 6) is -0.126. The van der Waals surface area contributed by atoms with Crippen LogP contribution >= 0.6 is 11.3 Å². The highest BCUT2D eigenvalue weighted by Gasteiger charge is 2.21. The van der Waals surface area contributed by atoms with Gasteiger partial charge in [-0.3, -0.25) is 9.89 Å². The van der Waals surface area contributed by atoms with Gasteiger partial charge in [0.05, 0.1) is 17.6 Å². The third-order valence-electron chi connectivity index (χ3n) is 3.88. The van der Waals surface area contributed by atoms with Crippen molar-refractivity contribution in [2.75, 3.05) is 13.1 Å². The molecule has 3 aromatic rings. The largest absolute Gasteiger partial charge is 0.350 e. The van der Waals surface area contributed by atoms with Crippen molar-refractivity contribution >= 4 is 22.2 Å². The van der Waals surface area contributed by atoms with Crippen LogP contribution < -0.4 is 10.6 Å². The maximum atomic E-state index is 12.3. The molecule has 0 unspecified atom stereocenters. The highest BCUT2D eigenvalue weighted by molar-refractivity contribution is 7.16. The fourth-order valence-corrected chi connectivity index (χ4v) is 3.53. The van der Waals surface area contributed by atoms with Gasteiger partial charge in [0.15, 0.2) is 5.69 Å². The summed E-state index contributed by atoms with van der Waals surface area (Å²) in [5.41, 5.74) is 3.49. The number of fused-ring (bicyclic) bond motifs is 2. The van der Waals surface area contributed by atoms with Crippen molar-refractivity contribution < 1.29 is 4.79 Å². The minimum Gasteiger partial charge on any atom is -0.350 e. The number of rotatable bonds is 4. The Morgan fingerprint density at radius 3 is 3.30 bits per heavy atom. The van der Waals surface area contributed by atoms with Crippen molar-refractivity contribution in [2.45, 2.75) is 26.3 Å². The monoisotopic (exact) mass is 331 g/mol. The summed E-state index contributed by atoms with van der Waals surface area (Å²) in [4.78, 5) is 17.7. The molecule has 3 N–H and O–H groups in total. The van der Waals surface area contributed by atoms with Crippen LogP contribution in [-0.4, -0.2) is 43.8 Å². The minimum absolute atomic E-state index is 0.126. The predicted octanol–water partition coefficient (Wildman–Crippen LogP) is 0.441. The second-order valence-corrected chi connectivity index (χ2v) is 6.70. The molecule has 1 aliphatic heterocycles. The molecule has 0 bridgehead atoms. The molecule has 0 saturated carbocycles. The molecule has 0 fully saturated rings. The molecule has 8 nitrogen and oxygen atoms in total. The number of H-pyrrole nitrogens is 1. The molecule has 0 atom stereocenters. The van der Waals surface area contributed by atoms with Crippen LogP contribution in [0.25, 0.3) is 4.96 Å². The van der Waals surface area contributed by atoms with Crippen LogP contribution in [0.5, 0.6) is 0 Å². The second kappa shape index (κ2) is 5.74. The summed E-state index contributed by atoms with van der Waals surface area (Å²) in [6, 6.07) is 0. The van der Waals surface area contributed by atoms with E-state index < -0.39 is 0 Å². The second-order valence-electron chi connectivity index (χ2n) is 5.54. The van der Waals surface area contributed by atoms with E-state index in [2.05, 4.69) is 30.9 Å². The van der Waals surface area contributed by atoms with Crippen LogP contribution in [-0.2, 0) is 19.4 Å². The van der Waals surface area contributed by atoms with Crippen LogP contribution in [0, 0.1) is 6.92 Å². The van der Waals surface area contributed by atoms with Gasteiger partial charge < -0.3 is 10.6 Å². The van der Waals surface area contributed by atoms with Gasteiger partial charge in [-0.15, -0.1) is 0 Å². The van der Waals surface area contributed by atoms with Crippen LogP contribution in [0.15, 0.2) is 6.20 Å². The number of imidazole rings is 1. The first-order valence-corrected chi connectivity index (χ1v) is 8.39. The molecule has 0 aliphatic carbocycles. The number of amides is 1. The van der Waals surface area contributed by atoms with Crippen LogP contribution in [0.3, 0.4) is 0 Å². The SMILES string of the molecule is Cc1nn2cc(CCNC(=O)c3n[nH]c4c3CCNC4)nc2s1. The Labute approximate surface area is 136 Å². The summed E-state index contributed by atoms with van der Waals surface area (Å²) in [6.07, 6.45) is 3.42. The number of nitrogens with zero attached hydrogens (tertiary/aromatic N) is 4. The van der Waals surface area contributed by atoms with E-state index in [-0.39, 0.29) is 5.91 Å².